The molecular weight excluding hydrogens is 398 g/mol. The van der Waals surface area contributed by atoms with Crippen molar-refractivity contribution in [2.75, 3.05) is 31.1 Å². The fourth-order valence-electron chi connectivity index (χ4n) is 4.61. The van der Waals surface area contributed by atoms with Gasteiger partial charge in [0.05, 0.1) is 10.9 Å². The molecule has 3 aromatic carbocycles. The third-order valence-electron chi connectivity index (χ3n) is 6.28. The van der Waals surface area contributed by atoms with Gasteiger partial charge in [-0.25, -0.2) is 4.98 Å². The van der Waals surface area contributed by atoms with E-state index in [0.29, 0.717) is 16.6 Å². The lowest BCUT2D eigenvalue weighted by molar-refractivity contribution is 0.249. The second-order valence-corrected chi connectivity index (χ2v) is 8.29. The monoisotopic (exact) mass is 421 g/mol. The van der Waals surface area contributed by atoms with Gasteiger partial charge in [0.1, 0.15) is 0 Å². The number of piperazine rings is 1. The first-order chi connectivity index (χ1) is 15.8. The predicted octanol–water partition coefficient (Wildman–Crippen LogP) is 3.72. The minimum atomic E-state index is -0.125. The van der Waals surface area contributed by atoms with Crippen LogP contribution in [0.5, 0.6) is 0 Å². The average molecular weight is 422 g/mol. The van der Waals surface area contributed by atoms with Gasteiger partial charge >= 0.3 is 0 Å². The molecule has 1 saturated heterocycles. The van der Waals surface area contributed by atoms with Crippen molar-refractivity contribution in [3.63, 3.8) is 0 Å². The molecule has 158 valence electrons. The minimum Gasteiger partial charge on any atom is -0.352 e. The second kappa shape index (κ2) is 7.73. The highest BCUT2D eigenvalue weighted by Gasteiger charge is 2.22. The molecule has 1 aliphatic heterocycles. The van der Waals surface area contributed by atoms with Gasteiger partial charge in [-0.3, -0.25) is 9.69 Å². The van der Waals surface area contributed by atoms with E-state index in [0.717, 1.165) is 49.3 Å². The van der Waals surface area contributed by atoms with Gasteiger partial charge in [0, 0.05) is 43.5 Å². The molecular formula is C26H23N5O. The van der Waals surface area contributed by atoms with Crippen LogP contribution in [0.2, 0.25) is 0 Å². The quantitative estimate of drug-likeness (QED) is 0.328. The highest BCUT2D eigenvalue weighted by atomic mass is 16.1. The molecule has 32 heavy (non-hydrogen) atoms. The molecule has 0 unspecified atom stereocenters. The maximum Gasteiger partial charge on any atom is 0.282 e. The van der Waals surface area contributed by atoms with E-state index in [1.165, 1.54) is 10.1 Å². The highest BCUT2D eigenvalue weighted by Crippen LogP contribution is 2.28. The molecule has 3 heterocycles. The summed E-state index contributed by atoms with van der Waals surface area (Å²) in [6.45, 7) is 4.59. The lowest BCUT2D eigenvalue weighted by atomic mass is 10.1. The Morgan fingerprint density at radius 1 is 0.719 bits per heavy atom. The van der Waals surface area contributed by atoms with Gasteiger partial charge in [0.2, 0.25) is 0 Å². The van der Waals surface area contributed by atoms with Crippen molar-refractivity contribution in [2.24, 2.45) is 0 Å². The molecule has 0 amide bonds. The third kappa shape index (κ3) is 3.20. The Kier molecular flexibility index (Phi) is 4.58. The molecule has 0 N–H and O–H groups in total. The Hall–Kier alpha value is -3.77. The Morgan fingerprint density at radius 3 is 2.16 bits per heavy atom. The van der Waals surface area contributed by atoms with Crippen molar-refractivity contribution in [3.8, 4) is 0 Å². The summed E-state index contributed by atoms with van der Waals surface area (Å²) in [5, 5.41) is 7.41. The molecule has 5 aromatic rings. The normalized spacial score (nSPS) is 15.1. The summed E-state index contributed by atoms with van der Waals surface area (Å²) >= 11 is 0. The number of para-hydroxylation sites is 1. The van der Waals surface area contributed by atoms with Crippen LogP contribution in [0.3, 0.4) is 0 Å². The van der Waals surface area contributed by atoms with Crippen molar-refractivity contribution in [3.05, 3.63) is 94.8 Å². The van der Waals surface area contributed by atoms with E-state index in [1.54, 1.807) is 0 Å². The fourth-order valence-corrected chi connectivity index (χ4v) is 4.61. The largest absolute Gasteiger partial charge is 0.352 e. The Bertz CT molecular complexity index is 1490. The summed E-state index contributed by atoms with van der Waals surface area (Å²) in [7, 11) is 0. The molecule has 0 saturated carbocycles. The van der Waals surface area contributed by atoms with Gasteiger partial charge in [-0.1, -0.05) is 66.7 Å². The van der Waals surface area contributed by atoms with Crippen molar-refractivity contribution in [1.29, 1.82) is 0 Å². The zero-order valence-electron chi connectivity index (χ0n) is 17.7. The predicted molar refractivity (Wildman–Crippen MR) is 128 cm³/mol. The third-order valence-corrected chi connectivity index (χ3v) is 6.28. The summed E-state index contributed by atoms with van der Waals surface area (Å²) in [5.74, 6) is 0.853. The molecule has 0 atom stereocenters. The maximum atomic E-state index is 13.3. The average Bonchev–Trinajstić information content (AvgIpc) is 2.85. The number of hydrogen-bond donors (Lipinski definition) is 0. The molecule has 0 aliphatic carbocycles. The van der Waals surface area contributed by atoms with E-state index in [-0.39, 0.29) is 5.56 Å². The minimum absolute atomic E-state index is 0.125. The number of fused-ring (bicyclic) bond motifs is 4. The Balaban J connectivity index is 1.40. The van der Waals surface area contributed by atoms with Gasteiger partial charge in [-0.15, -0.1) is 5.10 Å². The van der Waals surface area contributed by atoms with Crippen molar-refractivity contribution >= 4 is 33.1 Å². The Morgan fingerprint density at radius 2 is 1.38 bits per heavy atom. The summed E-state index contributed by atoms with van der Waals surface area (Å²) < 4.78 is 1.48. The van der Waals surface area contributed by atoms with Crippen LogP contribution in [0.15, 0.2) is 83.7 Å². The Labute approximate surface area is 185 Å². The number of hydrogen-bond acceptors (Lipinski definition) is 5. The van der Waals surface area contributed by atoms with Gasteiger partial charge in [0.25, 0.3) is 5.56 Å². The summed E-state index contributed by atoms with van der Waals surface area (Å²) in [6.07, 6.45) is 0. The molecule has 6 heteroatoms. The van der Waals surface area contributed by atoms with Crippen molar-refractivity contribution < 1.29 is 0 Å². The molecule has 2 aromatic heterocycles. The van der Waals surface area contributed by atoms with Crippen LogP contribution in [-0.2, 0) is 6.54 Å². The summed E-state index contributed by atoms with van der Waals surface area (Å²) in [4.78, 5) is 22.8. The topological polar surface area (TPSA) is 53.7 Å². The number of nitrogens with zero attached hydrogens (tertiary/aromatic N) is 5. The second-order valence-electron chi connectivity index (χ2n) is 8.29. The highest BCUT2D eigenvalue weighted by molar-refractivity contribution is 6.01. The van der Waals surface area contributed by atoms with E-state index in [4.69, 9.17) is 10.1 Å². The van der Waals surface area contributed by atoms with Crippen LogP contribution in [0, 0.1) is 0 Å². The number of aromatic nitrogens is 3. The fraction of sp³-hybridized carbons (Fsp3) is 0.192. The number of benzene rings is 3. The number of anilines is 1. The first kappa shape index (κ1) is 19.0. The maximum absolute atomic E-state index is 13.3. The van der Waals surface area contributed by atoms with Crippen LogP contribution in [0.4, 0.5) is 5.82 Å². The summed E-state index contributed by atoms with van der Waals surface area (Å²) in [5.41, 5.74) is 2.52. The van der Waals surface area contributed by atoms with Crippen LogP contribution in [0.1, 0.15) is 5.56 Å². The van der Waals surface area contributed by atoms with E-state index < -0.39 is 0 Å². The SMILES string of the molecule is O=c1c2ccccc2nc2c3ccccc3c(N3CCN(Cc4ccccc4)CC3)nn12. The molecule has 6 rings (SSSR count). The van der Waals surface area contributed by atoms with Gasteiger partial charge in [0.15, 0.2) is 11.5 Å². The first-order valence-electron chi connectivity index (χ1n) is 11.0. The summed E-state index contributed by atoms with van der Waals surface area (Å²) in [6, 6.07) is 26.2. The molecule has 0 bridgehead atoms. The smallest absolute Gasteiger partial charge is 0.282 e. The van der Waals surface area contributed by atoms with Gasteiger partial charge in [-0.2, -0.15) is 4.52 Å². The van der Waals surface area contributed by atoms with E-state index in [9.17, 15) is 4.79 Å². The van der Waals surface area contributed by atoms with Crippen LogP contribution in [0.25, 0.3) is 27.3 Å². The molecule has 0 radical (unpaired) electrons. The van der Waals surface area contributed by atoms with Crippen LogP contribution < -0.4 is 10.5 Å². The van der Waals surface area contributed by atoms with E-state index >= 15 is 0 Å². The molecule has 0 spiro atoms. The zero-order valence-corrected chi connectivity index (χ0v) is 17.7. The number of rotatable bonds is 3. The van der Waals surface area contributed by atoms with Gasteiger partial charge < -0.3 is 4.90 Å². The molecule has 1 fully saturated rings. The van der Waals surface area contributed by atoms with Gasteiger partial charge in [-0.05, 0) is 17.7 Å². The van der Waals surface area contributed by atoms with E-state index in [1.807, 2.05) is 42.5 Å². The molecule has 6 nitrogen and oxygen atoms in total. The van der Waals surface area contributed by atoms with E-state index in [2.05, 4.69) is 46.2 Å². The molecule has 1 aliphatic rings. The van der Waals surface area contributed by atoms with Crippen LogP contribution in [-0.4, -0.2) is 45.7 Å². The lowest BCUT2D eigenvalue weighted by Gasteiger charge is -2.35. The van der Waals surface area contributed by atoms with Crippen LogP contribution >= 0.6 is 0 Å². The lowest BCUT2D eigenvalue weighted by Crippen LogP contribution is -2.46. The first-order valence-corrected chi connectivity index (χ1v) is 11.0. The van der Waals surface area contributed by atoms with Crippen molar-refractivity contribution in [2.45, 2.75) is 6.54 Å². The van der Waals surface area contributed by atoms with Crippen molar-refractivity contribution in [1.82, 2.24) is 19.5 Å². The zero-order chi connectivity index (χ0) is 21.5. The standard InChI is InChI=1S/C26H23N5O/c32-26-22-12-6-7-13-23(22)27-24-20-10-4-5-11-21(20)25(28-31(24)26)30-16-14-29(15-17-30)18-19-8-2-1-3-9-19/h1-13H,14-18H2.